The molecule has 0 heteroatoms. The lowest BCUT2D eigenvalue weighted by Gasteiger charge is -2.04. The molecule has 4 aromatic rings. The highest BCUT2D eigenvalue weighted by atomic mass is 14.2. The summed E-state index contributed by atoms with van der Waals surface area (Å²) < 4.78 is 0. The molecule has 0 atom stereocenters. The zero-order valence-corrected chi connectivity index (χ0v) is 23.8. The van der Waals surface area contributed by atoms with Gasteiger partial charge in [0.1, 0.15) is 0 Å². The highest BCUT2D eigenvalue weighted by Crippen LogP contribution is 2.38. The molecule has 0 N–H and O–H groups in total. The maximum absolute atomic E-state index is 2.36. The largest absolute Gasteiger partial charge is 0.0654 e. The molecule has 1 aliphatic rings. The quantitative estimate of drug-likeness (QED) is 0.116. The van der Waals surface area contributed by atoms with Gasteiger partial charge in [0.05, 0.1) is 0 Å². The van der Waals surface area contributed by atoms with E-state index in [0.29, 0.717) is 0 Å². The van der Waals surface area contributed by atoms with E-state index in [-0.39, 0.29) is 0 Å². The molecule has 0 nitrogen and oxygen atoms in total. The van der Waals surface area contributed by atoms with Crippen molar-refractivity contribution in [3.8, 4) is 11.1 Å². The maximum atomic E-state index is 2.36. The average molecular weight is 511 g/mol. The van der Waals surface area contributed by atoms with Crippen LogP contribution in [0.5, 0.6) is 0 Å². The van der Waals surface area contributed by atoms with Crippen LogP contribution in [0.4, 0.5) is 0 Å². The highest BCUT2D eigenvalue weighted by Gasteiger charge is 2.18. The van der Waals surface area contributed by atoms with Crippen LogP contribution in [-0.2, 0) is 19.3 Å². The molecule has 0 bridgehead atoms. The third kappa shape index (κ3) is 7.27. The topological polar surface area (TPSA) is 0 Å². The van der Waals surface area contributed by atoms with Crippen LogP contribution in [0.1, 0.15) is 96.9 Å². The van der Waals surface area contributed by atoms with Gasteiger partial charge in [-0.1, -0.05) is 149 Å². The zero-order valence-electron chi connectivity index (χ0n) is 23.8. The lowest BCUT2D eigenvalue weighted by molar-refractivity contribution is 0.717. The molecule has 5 rings (SSSR count). The maximum Gasteiger partial charge on any atom is -0.00130 e. The molecule has 0 aromatic heterocycles. The molecule has 4 aromatic carbocycles. The number of unbranched alkanes of at least 4 members (excludes halogenated alkanes) is 4. The second-order valence-electron chi connectivity index (χ2n) is 11.1. The van der Waals surface area contributed by atoms with Gasteiger partial charge in [0.25, 0.3) is 0 Å². The first-order chi connectivity index (χ1) is 19.2. The number of fused-ring (bicyclic) bond motifs is 3. The van der Waals surface area contributed by atoms with Crippen molar-refractivity contribution in [2.24, 2.45) is 0 Å². The van der Waals surface area contributed by atoms with Crippen LogP contribution in [-0.4, -0.2) is 0 Å². The van der Waals surface area contributed by atoms with Gasteiger partial charge in [0, 0.05) is 0 Å². The summed E-state index contributed by atoms with van der Waals surface area (Å²) in [6.45, 7) is 4.52. The summed E-state index contributed by atoms with van der Waals surface area (Å²) in [7, 11) is 0. The predicted octanol–water partition coefficient (Wildman–Crippen LogP) is 11.1. The van der Waals surface area contributed by atoms with Crippen molar-refractivity contribution in [3.05, 3.63) is 129 Å². The molecule has 0 unspecified atom stereocenters. The van der Waals surface area contributed by atoms with Gasteiger partial charge < -0.3 is 0 Å². The fourth-order valence-electron chi connectivity index (χ4n) is 5.59. The number of benzene rings is 4. The van der Waals surface area contributed by atoms with E-state index in [1.807, 2.05) is 0 Å². The van der Waals surface area contributed by atoms with E-state index in [1.165, 1.54) is 107 Å². The van der Waals surface area contributed by atoms with Crippen molar-refractivity contribution >= 4 is 24.3 Å². The molecule has 1 aliphatic carbocycles. The van der Waals surface area contributed by atoms with Crippen LogP contribution in [0.25, 0.3) is 35.4 Å². The number of hydrogen-bond donors (Lipinski definition) is 0. The molecule has 0 saturated heterocycles. The summed E-state index contributed by atoms with van der Waals surface area (Å²) in [5, 5.41) is 0. The second kappa shape index (κ2) is 13.4. The van der Waals surface area contributed by atoms with Crippen molar-refractivity contribution < 1.29 is 0 Å². The first-order valence-corrected chi connectivity index (χ1v) is 15.0. The third-order valence-electron chi connectivity index (χ3n) is 7.96. The minimum Gasteiger partial charge on any atom is -0.0654 e. The molecule has 0 radical (unpaired) electrons. The second-order valence-corrected chi connectivity index (χ2v) is 11.1. The van der Waals surface area contributed by atoms with E-state index in [9.17, 15) is 0 Å². The molecular weight excluding hydrogens is 468 g/mol. The minimum atomic E-state index is 1.01. The third-order valence-corrected chi connectivity index (χ3v) is 7.96. The first kappa shape index (κ1) is 26.9. The Morgan fingerprint density at radius 2 is 0.846 bits per heavy atom. The summed E-state index contributed by atoms with van der Waals surface area (Å²) in [5.74, 6) is 0. The van der Waals surface area contributed by atoms with Gasteiger partial charge in [-0.25, -0.2) is 0 Å². The number of rotatable bonds is 12. The van der Waals surface area contributed by atoms with Gasteiger partial charge in [0.15, 0.2) is 0 Å². The highest BCUT2D eigenvalue weighted by molar-refractivity contribution is 5.81. The van der Waals surface area contributed by atoms with Crippen molar-refractivity contribution in [2.45, 2.75) is 71.6 Å². The van der Waals surface area contributed by atoms with Gasteiger partial charge in [-0.15, -0.1) is 0 Å². The molecule has 0 spiro atoms. The lowest BCUT2D eigenvalue weighted by atomic mass is 10.0. The fourth-order valence-corrected chi connectivity index (χ4v) is 5.59. The Morgan fingerprint density at radius 3 is 1.26 bits per heavy atom. The first-order valence-electron chi connectivity index (χ1n) is 15.0. The summed E-state index contributed by atoms with van der Waals surface area (Å²) in [6, 6.07) is 32.0. The monoisotopic (exact) mass is 510 g/mol. The summed E-state index contributed by atoms with van der Waals surface area (Å²) in [5.41, 5.74) is 13.6. The average Bonchev–Trinajstić information content (AvgIpc) is 3.33. The Balaban J connectivity index is 1.21. The Labute approximate surface area is 236 Å². The van der Waals surface area contributed by atoms with Crippen molar-refractivity contribution in [3.63, 3.8) is 0 Å². The molecular formula is C39H42. The SMILES string of the molecule is CCCCCc1ccc(C=Cc2ccc3c(c2)Cc2cc(C=Cc4ccc(CCCCC)cc4)ccc2-3)cc1. The molecule has 0 fully saturated rings. The van der Waals surface area contributed by atoms with Crippen LogP contribution in [0.3, 0.4) is 0 Å². The van der Waals surface area contributed by atoms with Gasteiger partial charge in [-0.05, 0) is 87.7 Å². The van der Waals surface area contributed by atoms with Crippen molar-refractivity contribution in [1.82, 2.24) is 0 Å². The molecule has 39 heavy (non-hydrogen) atoms. The molecule has 0 heterocycles. The smallest absolute Gasteiger partial charge is 0.00130 e. The van der Waals surface area contributed by atoms with Crippen molar-refractivity contribution in [2.75, 3.05) is 0 Å². The molecule has 198 valence electrons. The Bertz CT molecular complexity index is 1300. The Morgan fingerprint density at radius 1 is 0.462 bits per heavy atom. The predicted molar refractivity (Wildman–Crippen MR) is 172 cm³/mol. The normalized spacial score (nSPS) is 12.4. The van der Waals surface area contributed by atoms with Crippen LogP contribution >= 0.6 is 0 Å². The van der Waals surface area contributed by atoms with E-state index in [0.717, 1.165) is 6.42 Å². The van der Waals surface area contributed by atoms with E-state index in [1.54, 1.807) is 0 Å². The number of aryl methyl sites for hydroxylation is 2. The lowest BCUT2D eigenvalue weighted by Crippen LogP contribution is -1.85. The van der Waals surface area contributed by atoms with E-state index >= 15 is 0 Å². The molecule has 0 aliphatic heterocycles. The van der Waals surface area contributed by atoms with Crippen molar-refractivity contribution in [1.29, 1.82) is 0 Å². The van der Waals surface area contributed by atoms with Gasteiger partial charge in [-0.3, -0.25) is 0 Å². The summed E-state index contributed by atoms with van der Waals surface area (Å²) in [4.78, 5) is 0. The fraction of sp³-hybridized carbons (Fsp3) is 0.282. The van der Waals surface area contributed by atoms with Gasteiger partial charge >= 0.3 is 0 Å². The van der Waals surface area contributed by atoms with Crippen LogP contribution in [0.2, 0.25) is 0 Å². The minimum absolute atomic E-state index is 1.01. The zero-order chi connectivity index (χ0) is 26.9. The molecule has 0 saturated carbocycles. The number of hydrogen-bond acceptors (Lipinski definition) is 0. The van der Waals surface area contributed by atoms with E-state index < -0.39 is 0 Å². The standard InChI is InChI=1S/C39H42/c1-3-5-7-9-30-11-15-32(16-12-30)19-21-34-23-25-38-36(27-34)29-37-28-35(24-26-39(37)38)22-20-33-17-13-31(14-18-33)10-8-6-4-2/h11-28H,3-10,29H2,1-2H3. The van der Waals surface area contributed by atoms with Gasteiger partial charge in [0.2, 0.25) is 0 Å². The van der Waals surface area contributed by atoms with E-state index in [2.05, 4.69) is 123 Å². The summed E-state index contributed by atoms with van der Waals surface area (Å²) >= 11 is 0. The van der Waals surface area contributed by atoms with Crippen LogP contribution in [0, 0.1) is 0 Å². The Hall–Kier alpha value is -3.64. The van der Waals surface area contributed by atoms with Gasteiger partial charge in [-0.2, -0.15) is 0 Å². The van der Waals surface area contributed by atoms with Crippen LogP contribution in [0.15, 0.2) is 84.9 Å². The summed E-state index contributed by atoms with van der Waals surface area (Å²) in [6.07, 6.45) is 20.1. The molecule has 0 amide bonds. The Kier molecular flexibility index (Phi) is 9.28. The van der Waals surface area contributed by atoms with E-state index in [4.69, 9.17) is 0 Å². The van der Waals surface area contributed by atoms with Crippen LogP contribution < -0.4 is 0 Å².